The molecule has 4 heteroatoms. The van der Waals surface area contributed by atoms with Crippen molar-refractivity contribution in [3.63, 3.8) is 0 Å². The van der Waals surface area contributed by atoms with Gasteiger partial charge in [0.15, 0.2) is 0 Å². The number of fused-ring (bicyclic) bond motifs is 2. The van der Waals surface area contributed by atoms with Gasteiger partial charge in [-0.25, -0.2) is 5.43 Å². The van der Waals surface area contributed by atoms with Crippen LogP contribution in [0.4, 0.5) is 5.69 Å². The number of hydrogen-bond donors (Lipinski definition) is 1. The van der Waals surface area contributed by atoms with Gasteiger partial charge >= 0.3 is 0 Å². The topological polar surface area (TPSA) is 44.7 Å². The second-order valence-electron chi connectivity index (χ2n) is 6.10. The number of nitrogens with zero attached hydrogens (tertiary/aromatic N) is 2. The minimum Gasteiger partial charge on any atom is -0.378 e. The van der Waals surface area contributed by atoms with Crippen LogP contribution in [-0.4, -0.2) is 26.2 Å². The second-order valence-corrected chi connectivity index (χ2v) is 6.10. The molecular formula is C17H21N3O. The summed E-state index contributed by atoms with van der Waals surface area (Å²) in [4.78, 5) is 14.0. The highest BCUT2D eigenvalue weighted by Gasteiger charge is 2.34. The smallest absolute Gasteiger partial charge is 0.271 e. The molecule has 2 bridgehead atoms. The summed E-state index contributed by atoms with van der Waals surface area (Å²) in [6, 6.07) is 7.50. The molecule has 1 N–H and O–H groups in total. The van der Waals surface area contributed by atoms with E-state index < -0.39 is 0 Å². The van der Waals surface area contributed by atoms with Gasteiger partial charge in [-0.1, -0.05) is 12.2 Å². The van der Waals surface area contributed by atoms with Crippen LogP contribution in [0, 0.1) is 17.8 Å². The van der Waals surface area contributed by atoms with Crippen LogP contribution in [-0.2, 0) is 0 Å². The number of allylic oxidation sites excluding steroid dienone is 2. The molecule has 0 saturated heterocycles. The first kappa shape index (κ1) is 13.9. The number of anilines is 1. The first-order valence-corrected chi connectivity index (χ1v) is 7.42. The Hall–Kier alpha value is -2.10. The number of hydrazone groups is 1. The van der Waals surface area contributed by atoms with E-state index in [1.165, 1.54) is 6.42 Å². The maximum absolute atomic E-state index is 12.0. The van der Waals surface area contributed by atoms with Gasteiger partial charge in [0.2, 0.25) is 0 Å². The van der Waals surface area contributed by atoms with Crippen molar-refractivity contribution >= 4 is 17.8 Å². The lowest BCUT2D eigenvalue weighted by Gasteiger charge is -2.13. The third kappa shape index (κ3) is 2.99. The van der Waals surface area contributed by atoms with Crippen LogP contribution in [0.25, 0.3) is 0 Å². The highest BCUT2D eigenvalue weighted by molar-refractivity contribution is 5.94. The molecule has 3 rings (SSSR count). The van der Waals surface area contributed by atoms with Gasteiger partial charge in [-0.2, -0.15) is 5.10 Å². The zero-order chi connectivity index (χ0) is 14.8. The molecule has 0 spiro atoms. The highest BCUT2D eigenvalue weighted by Crippen LogP contribution is 2.42. The molecule has 1 aromatic carbocycles. The van der Waals surface area contributed by atoms with E-state index in [9.17, 15) is 4.79 Å². The number of rotatable bonds is 4. The summed E-state index contributed by atoms with van der Waals surface area (Å²) in [5.41, 5.74) is 4.33. The highest BCUT2D eigenvalue weighted by atomic mass is 16.2. The first-order chi connectivity index (χ1) is 10.1. The molecule has 1 aromatic rings. The van der Waals surface area contributed by atoms with Crippen LogP contribution in [0.15, 0.2) is 41.5 Å². The summed E-state index contributed by atoms with van der Waals surface area (Å²) in [5.74, 6) is 1.67. The predicted molar refractivity (Wildman–Crippen MR) is 85.6 cm³/mol. The van der Waals surface area contributed by atoms with Gasteiger partial charge < -0.3 is 4.90 Å². The molecule has 3 unspecified atom stereocenters. The summed E-state index contributed by atoms with van der Waals surface area (Å²) in [5, 5.41) is 4.14. The molecule has 1 fully saturated rings. The molecule has 0 radical (unpaired) electrons. The van der Waals surface area contributed by atoms with E-state index in [0.29, 0.717) is 17.4 Å². The summed E-state index contributed by atoms with van der Waals surface area (Å²) < 4.78 is 0. The van der Waals surface area contributed by atoms with E-state index in [4.69, 9.17) is 0 Å². The summed E-state index contributed by atoms with van der Waals surface area (Å²) in [6.45, 7) is 0. The monoisotopic (exact) mass is 283 g/mol. The standard InChI is InChI=1S/C17H21N3O/c1-20(2)16-7-5-13(6-8-16)17(21)19-18-11-15-10-12-3-4-14(15)9-12/h3-8,11-12,14-15H,9-10H2,1-2H3,(H,19,21). The van der Waals surface area contributed by atoms with E-state index in [-0.39, 0.29) is 5.91 Å². The summed E-state index contributed by atoms with van der Waals surface area (Å²) >= 11 is 0. The number of amides is 1. The Labute approximate surface area is 125 Å². The normalized spacial score (nSPS) is 26.5. The van der Waals surface area contributed by atoms with Gasteiger partial charge in [0.1, 0.15) is 0 Å². The van der Waals surface area contributed by atoms with Crippen molar-refractivity contribution in [2.45, 2.75) is 12.8 Å². The summed E-state index contributed by atoms with van der Waals surface area (Å²) in [6.07, 6.45) is 8.90. The second kappa shape index (κ2) is 5.72. The summed E-state index contributed by atoms with van der Waals surface area (Å²) in [7, 11) is 3.95. The van der Waals surface area contributed by atoms with Crippen molar-refractivity contribution in [3.05, 3.63) is 42.0 Å². The molecule has 2 aliphatic carbocycles. The van der Waals surface area contributed by atoms with Crippen LogP contribution in [0.1, 0.15) is 23.2 Å². The Bertz CT molecular complexity index is 574. The lowest BCUT2D eigenvalue weighted by Crippen LogP contribution is -2.19. The Kier molecular flexibility index (Phi) is 3.78. The van der Waals surface area contributed by atoms with Gasteiger partial charge in [-0.15, -0.1) is 0 Å². The van der Waals surface area contributed by atoms with Crippen LogP contribution >= 0.6 is 0 Å². The fourth-order valence-corrected chi connectivity index (χ4v) is 3.16. The molecule has 110 valence electrons. The molecule has 21 heavy (non-hydrogen) atoms. The fraction of sp³-hybridized carbons (Fsp3) is 0.412. The Morgan fingerprint density at radius 2 is 2.00 bits per heavy atom. The number of nitrogens with one attached hydrogen (secondary N) is 1. The number of hydrogen-bond acceptors (Lipinski definition) is 3. The van der Waals surface area contributed by atoms with E-state index in [1.807, 2.05) is 49.5 Å². The molecule has 1 saturated carbocycles. The molecule has 2 aliphatic rings. The predicted octanol–water partition coefficient (Wildman–Crippen LogP) is 2.68. The lowest BCUT2D eigenvalue weighted by atomic mass is 9.95. The maximum atomic E-state index is 12.0. The minimum absolute atomic E-state index is 0.157. The average Bonchev–Trinajstić information content (AvgIpc) is 3.10. The van der Waals surface area contributed by atoms with E-state index >= 15 is 0 Å². The minimum atomic E-state index is -0.157. The van der Waals surface area contributed by atoms with Crippen molar-refractivity contribution in [1.82, 2.24) is 5.43 Å². The SMILES string of the molecule is CN(C)c1ccc(C(=O)NN=CC2CC3C=CC2C3)cc1. The molecule has 0 aliphatic heterocycles. The van der Waals surface area contributed by atoms with Crippen molar-refractivity contribution < 1.29 is 4.79 Å². The molecule has 0 aromatic heterocycles. The van der Waals surface area contributed by atoms with Crippen molar-refractivity contribution in [2.24, 2.45) is 22.9 Å². The van der Waals surface area contributed by atoms with E-state index in [0.717, 1.165) is 18.0 Å². The van der Waals surface area contributed by atoms with Gasteiger partial charge in [0, 0.05) is 37.5 Å². The van der Waals surface area contributed by atoms with Gasteiger partial charge in [0.05, 0.1) is 0 Å². The Balaban J connectivity index is 1.55. The molecule has 0 heterocycles. The number of benzene rings is 1. The third-order valence-corrected chi connectivity index (χ3v) is 4.41. The molecule has 3 atom stereocenters. The molecule has 1 amide bonds. The number of carbonyl (C=O) groups is 1. The largest absolute Gasteiger partial charge is 0.378 e. The maximum Gasteiger partial charge on any atom is 0.271 e. The fourth-order valence-electron chi connectivity index (χ4n) is 3.16. The lowest BCUT2D eigenvalue weighted by molar-refractivity contribution is 0.0955. The first-order valence-electron chi connectivity index (χ1n) is 7.42. The Morgan fingerprint density at radius 1 is 1.24 bits per heavy atom. The zero-order valence-corrected chi connectivity index (χ0v) is 12.5. The van der Waals surface area contributed by atoms with Crippen LogP contribution < -0.4 is 10.3 Å². The quantitative estimate of drug-likeness (QED) is 0.524. The average molecular weight is 283 g/mol. The zero-order valence-electron chi connectivity index (χ0n) is 12.5. The number of carbonyl (C=O) groups excluding carboxylic acids is 1. The van der Waals surface area contributed by atoms with Crippen molar-refractivity contribution in [3.8, 4) is 0 Å². The Morgan fingerprint density at radius 3 is 2.57 bits per heavy atom. The molecule has 4 nitrogen and oxygen atoms in total. The van der Waals surface area contributed by atoms with Gasteiger partial charge in [0.25, 0.3) is 5.91 Å². The van der Waals surface area contributed by atoms with Crippen LogP contribution in [0.3, 0.4) is 0 Å². The van der Waals surface area contributed by atoms with Crippen LogP contribution in [0.5, 0.6) is 0 Å². The van der Waals surface area contributed by atoms with Crippen molar-refractivity contribution in [2.75, 3.05) is 19.0 Å². The van der Waals surface area contributed by atoms with Crippen LogP contribution in [0.2, 0.25) is 0 Å². The van der Waals surface area contributed by atoms with Gasteiger partial charge in [-0.3, -0.25) is 4.79 Å². The van der Waals surface area contributed by atoms with E-state index in [2.05, 4.69) is 22.7 Å². The third-order valence-electron chi connectivity index (χ3n) is 4.41. The van der Waals surface area contributed by atoms with Crippen molar-refractivity contribution in [1.29, 1.82) is 0 Å². The van der Waals surface area contributed by atoms with Gasteiger partial charge in [-0.05, 0) is 48.9 Å². The molecular weight excluding hydrogens is 262 g/mol. The van der Waals surface area contributed by atoms with E-state index in [1.54, 1.807) is 0 Å².